The molecule has 0 spiro atoms. The minimum atomic E-state index is 0.440. The summed E-state index contributed by atoms with van der Waals surface area (Å²) in [6.45, 7) is 6.06. The van der Waals surface area contributed by atoms with Gasteiger partial charge in [-0.2, -0.15) is 0 Å². The Morgan fingerprint density at radius 2 is 1.95 bits per heavy atom. The molecule has 0 aromatic heterocycles. The second-order valence-corrected chi connectivity index (χ2v) is 5.75. The fourth-order valence-corrected chi connectivity index (χ4v) is 2.98. The molecule has 1 aromatic carbocycles. The summed E-state index contributed by atoms with van der Waals surface area (Å²) in [5.41, 5.74) is 1.34. The monoisotopic (exact) mass is 281 g/mol. The highest BCUT2D eigenvalue weighted by molar-refractivity contribution is 6.30. The molecule has 1 aliphatic rings. The van der Waals surface area contributed by atoms with Gasteiger partial charge in [-0.15, -0.1) is 0 Å². The van der Waals surface area contributed by atoms with Crippen molar-refractivity contribution in [3.63, 3.8) is 0 Å². The van der Waals surface area contributed by atoms with Gasteiger partial charge in [0.25, 0.3) is 0 Å². The first kappa shape index (κ1) is 14.8. The van der Waals surface area contributed by atoms with Crippen LogP contribution >= 0.6 is 11.6 Å². The van der Waals surface area contributed by atoms with Crippen molar-refractivity contribution in [2.75, 3.05) is 13.2 Å². The molecule has 2 nitrogen and oxygen atoms in total. The molecule has 1 fully saturated rings. The summed E-state index contributed by atoms with van der Waals surface area (Å²) < 4.78 is 5.63. The van der Waals surface area contributed by atoms with E-state index < -0.39 is 0 Å². The van der Waals surface area contributed by atoms with Crippen molar-refractivity contribution in [1.82, 2.24) is 5.32 Å². The summed E-state index contributed by atoms with van der Waals surface area (Å²) in [7, 11) is 0. The molecule has 0 saturated heterocycles. The maximum absolute atomic E-state index is 5.95. The average molecular weight is 282 g/mol. The predicted molar refractivity (Wildman–Crippen MR) is 80.6 cm³/mol. The summed E-state index contributed by atoms with van der Waals surface area (Å²) in [6, 6.07) is 8.66. The Morgan fingerprint density at radius 1 is 1.26 bits per heavy atom. The minimum Gasteiger partial charge on any atom is -0.378 e. The summed E-state index contributed by atoms with van der Waals surface area (Å²) in [5, 5.41) is 4.39. The van der Waals surface area contributed by atoms with Gasteiger partial charge in [-0.1, -0.05) is 30.7 Å². The zero-order valence-electron chi connectivity index (χ0n) is 11.9. The van der Waals surface area contributed by atoms with E-state index in [1.54, 1.807) is 0 Å². The van der Waals surface area contributed by atoms with Gasteiger partial charge < -0.3 is 10.1 Å². The molecule has 19 heavy (non-hydrogen) atoms. The van der Waals surface area contributed by atoms with Gasteiger partial charge in [0.2, 0.25) is 0 Å². The van der Waals surface area contributed by atoms with Gasteiger partial charge in [0.15, 0.2) is 0 Å². The standard InChI is InChI=1S/C16H24ClNO/c1-3-18-16(13-5-7-14(17)8-6-13)11-12-9-15(10-12)19-4-2/h5-8,12,15-16,18H,3-4,9-11H2,1-2H3. The van der Waals surface area contributed by atoms with Crippen molar-refractivity contribution in [1.29, 1.82) is 0 Å². The van der Waals surface area contributed by atoms with Crippen molar-refractivity contribution >= 4 is 11.6 Å². The van der Waals surface area contributed by atoms with Gasteiger partial charge in [-0.05, 0) is 56.3 Å². The predicted octanol–water partition coefficient (Wildman–Crippen LogP) is 4.20. The topological polar surface area (TPSA) is 21.3 Å². The molecule has 1 N–H and O–H groups in total. The minimum absolute atomic E-state index is 0.440. The summed E-state index contributed by atoms with van der Waals surface area (Å²) in [6.07, 6.45) is 4.12. The van der Waals surface area contributed by atoms with Gasteiger partial charge in [0.1, 0.15) is 0 Å². The highest BCUT2D eigenvalue weighted by Gasteiger charge is 2.31. The summed E-state index contributed by atoms with van der Waals surface area (Å²) >= 11 is 5.95. The lowest BCUT2D eigenvalue weighted by Crippen LogP contribution is -2.34. The molecule has 0 heterocycles. The van der Waals surface area contributed by atoms with Crippen LogP contribution < -0.4 is 5.32 Å². The zero-order valence-corrected chi connectivity index (χ0v) is 12.6. The van der Waals surface area contributed by atoms with Crippen molar-refractivity contribution in [2.24, 2.45) is 5.92 Å². The van der Waals surface area contributed by atoms with Crippen molar-refractivity contribution < 1.29 is 4.74 Å². The molecule has 1 aliphatic carbocycles. The largest absolute Gasteiger partial charge is 0.378 e. The Labute approximate surface area is 121 Å². The van der Waals surface area contributed by atoms with Crippen LogP contribution in [-0.4, -0.2) is 19.3 Å². The Morgan fingerprint density at radius 3 is 2.53 bits per heavy atom. The maximum atomic E-state index is 5.95. The normalized spacial score (nSPS) is 23.9. The second kappa shape index (κ2) is 7.28. The van der Waals surface area contributed by atoms with E-state index in [-0.39, 0.29) is 0 Å². The molecule has 0 amide bonds. The number of nitrogens with one attached hydrogen (secondary N) is 1. The molecule has 1 unspecified atom stereocenters. The van der Waals surface area contributed by atoms with Crippen LogP contribution in [0, 0.1) is 5.92 Å². The van der Waals surface area contributed by atoms with Crippen LogP contribution in [0.1, 0.15) is 44.7 Å². The lowest BCUT2D eigenvalue weighted by molar-refractivity contribution is -0.0291. The summed E-state index contributed by atoms with van der Waals surface area (Å²) in [4.78, 5) is 0. The van der Waals surface area contributed by atoms with E-state index in [2.05, 4.69) is 31.3 Å². The SMILES string of the molecule is CCNC(CC1CC(OCC)C1)c1ccc(Cl)cc1. The van der Waals surface area contributed by atoms with Crippen LogP contribution in [-0.2, 0) is 4.74 Å². The van der Waals surface area contributed by atoms with Crippen LogP contribution in [0.4, 0.5) is 0 Å². The molecular formula is C16H24ClNO. The Kier molecular flexibility index (Phi) is 5.68. The number of benzene rings is 1. The van der Waals surface area contributed by atoms with Gasteiger partial charge in [0, 0.05) is 17.7 Å². The number of rotatable bonds is 7. The Bertz CT molecular complexity index is 373. The van der Waals surface area contributed by atoms with E-state index in [1.807, 2.05) is 12.1 Å². The van der Waals surface area contributed by atoms with Gasteiger partial charge in [0.05, 0.1) is 6.10 Å². The number of halogens is 1. The van der Waals surface area contributed by atoms with E-state index in [9.17, 15) is 0 Å². The van der Waals surface area contributed by atoms with E-state index in [1.165, 1.54) is 24.8 Å². The van der Waals surface area contributed by atoms with Gasteiger partial charge in [-0.3, -0.25) is 0 Å². The van der Waals surface area contributed by atoms with E-state index in [4.69, 9.17) is 16.3 Å². The Balaban J connectivity index is 1.88. The van der Waals surface area contributed by atoms with Crippen LogP contribution in [0.5, 0.6) is 0 Å². The van der Waals surface area contributed by atoms with Crippen LogP contribution in [0.25, 0.3) is 0 Å². The molecule has 0 radical (unpaired) electrons. The molecule has 1 saturated carbocycles. The molecule has 1 aromatic rings. The highest BCUT2D eigenvalue weighted by atomic mass is 35.5. The number of hydrogen-bond acceptors (Lipinski definition) is 2. The lowest BCUT2D eigenvalue weighted by atomic mass is 9.77. The van der Waals surface area contributed by atoms with Crippen molar-refractivity contribution in [3.8, 4) is 0 Å². The molecular weight excluding hydrogens is 258 g/mol. The zero-order chi connectivity index (χ0) is 13.7. The maximum Gasteiger partial charge on any atom is 0.0580 e. The van der Waals surface area contributed by atoms with Crippen molar-refractivity contribution in [3.05, 3.63) is 34.9 Å². The first-order valence-electron chi connectivity index (χ1n) is 7.33. The quantitative estimate of drug-likeness (QED) is 0.809. The van der Waals surface area contributed by atoms with Crippen LogP contribution in [0.3, 0.4) is 0 Å². The van der Waals surface area contributed by atoms with Gasteiger partial charge in [-0.25, -0.2) is 0 Å². The number of hydrogen-bond donors (Lipinski definition) is 1. The van der Waals surface area contributed by atoms with E-state index in [0.29, 0.717) is 12.1 Å². The molecule has 1 atom stereocenters. The van der Waals surface area contributed by atoms with E-state index >= 15 is 0 Å². The first-order chi connectivity index (χ1) is 9.22. The third-order valence-electron chi connectivity index (χ3n) is 3.89. The third kappa shape index (κ3) is 4.20. The highest BCUT2D eigenvalue weighted by Crippen LogP contribution is 2.37. The van der Waals surface area contributed by atoms with Gasteiger partial charge >= 0.3 is 0 Å². The molecule has 106 valence electrons. The fraction of sp³-hybridized carbons (Fsp3) is 0.625. The molecule has 3 heteroatoms. The first-order valence-corrected chi connectivity index (χ1v) is 7.71. The molecule has 0 aliphatic heterocycles. The Hall–Kier alpha value is -0.570. The summed E-state index contributed by atoms with van der Waals surface area (Å²) in [5.74, 6) is 0.788. The van der Waals surface area contributed by atoms with Crippen LogP contribution in [0.2, 0.25) is 5.02 Å². The second-order valence-electron chi connectivity index (χ2n) is 5.31. The molecule has 2 rings (SSSR count). The van der Waals surface area contributed by atoms with Crippen LogP contribution in [0.15, 0.2) is 24.3 Å². The molecule has 0 bridgehead atoms. The van der Waals surface area contributed by atoms with Crippen molar-refractivity contribution in [2.45, 2.75) is 45.3 Å². The third-order valence-corrected chi connectivity index (χ3v) is 4.14. The fourth-order valence-electron chi connectivity index (χ4n) is 2.85. The number of ether oxygens (including phenoxy) is 1. The smallest absolute Gasteiger partial charge is 0.0580 e. The average Bonchev–Trinajstić information content (AvgIpc) is 2.36. The lowest BCUT2D eigenvalue weighted by Gasteiger charge is -2.37. The van der Waals surface area contributed by atoms with E-state index in [0.717, 1.165) is 24.1 Å².